The molecule has 34 heavy (non-hydrogen) atoms. The largest absolute Gasteiger partial charge is 0.368 e. The number of para-hydroxylation sites is 1. The first-order chi connectivity index (χ1) is 16.4. The molecule has 0 saturated carbocycles. The van der Waals surface area contributed by atoms with Gasteiger partial charge >= 0.3 is 5.69 Å². The van der Waals surface area contributed by atoms with Gasteiger partial charge in [-0.15, -0.1) is 0 Å². The number of anilines is 3. The van der Waals surface area contributed by atoms with E-state index >= 15 is 0 Å². The van der Waals surface area contributed by atoms with Crippen molar-refractivity contribution in [2.45, 2.75) is 0 Å². The SMILES string of the molecule is Cn1c(=O)n(C)c2cc(N3CCN(c4ccccc4)CC3)c(NC(=O)c3cccc(I)c3)cc21. The Kier molecular flexibility index (Phi) is 6.07. The molecule has 8 heteroatoms. The van der Waals surface area contributed by atoms with Gasteiger partial charge in [0.1, 0.15) is 0 Å². The first-order valence-electron chi connectivity index (χ1n) is 11.2. The number of aromatic nitrogens is 2. The predicted molar refractivity (Wildman–Crippen MR) is 146 cm³/mol. The maximum atomic E-state index is 13.1. The molecule has 5 rings (SSSR count). The number of carbonyl (C=O) groups excluding carboxylic acids is 1. The minimum Gasteiger partial charge on any atom is -0.368 e. The third-order valence-corrected chi connectivity index (χ3v) is 7.14. The van der Waals surface area contributed by atoms with Crippen LogP contribution in [0.5, 0.6) is 0 Å². The van der Waals surface area contributed by atoms with Gasteiger partial charge in [-0.05, 0) is 65.1 Å². The highest BCUT2D eigenvalue weighted by Crippen LogP contribution is 2.33. The molecule has 0 atom stereocenters. The molecule has 0 unspecified atom stereocenters. The number of nitrogens with zero attached hydrogens (tertiary/aromatic N) is 4. The smallest absolute Gasteiger partial charge is 0.328 e. The fourth-order valence-electron chi connectivity index (χ4n) is 4.56. The molecule has 4 aromatic rings. The molecule has 1 aliphatic heterocycles. The first kappa shape index (κ1) is 22.5. The molecule has 0 spiro atoms. The highest BCUT2D eigenvalue weighted by atomic mass is 127. The molecule has 174 valence electrons. The number of benzene rings is 3. The number of imidazole rings is 1. The Morgan fingerprint density at radius 1 is 0.824 bits per heavy atom. The lowest BCUT2D eigenvalue weighted by Gasteiger charge is -2.38. The fraction of sp³-hybridized carbons (Fsp3) is 0.231. The van der Waals surface area contributed by atoms with Gasteiger partial charge in [0, 0.05) is 55.1 Å². The summed E-state index contributed by atoms with van der Waals surface area (Å²) in [5.74, 6) is -0.164. The zero-order chi connectivity index (χ0) is 23.8. The third kappa shape index (κ3) is 4.18. The zero-order valence-corrected chi connectivity index (χ0v) is 21.3. The van der Waals surface area contributed by atoms with E-state index in [1.807, 2.05) is 42.5 Å². The van der Waals surface area contributed by atoms with Gasteiger partial charge in [-0.2, -0.15) is 0 Å². The van der Waals surface area contributed by atoms with Crippen LogP contribution in [0.1, 0.15) is 10.4 Å². The van der Waals surface area contributed by atoms with E-state index in [-0.39, 0.29) is 11.6 Å². The van der Waals surface area contributed by atoms with Crippen LogP contribution in [0.25, 0.3) is 11.0 Å². The molecule has 7 nitrogen and oxygen atoms in total. The average molecular weight is 567 g/mol. The van der Waals surface area contributed by atoms with Crippen LogP contribution >= 0.6 is 22.6 Å². The van der Waals surface area contributed by atoms with Crippen molar-refractivity contribution in [3.63, 3.8) is 0 Å². The van der Waals surface area contributed by atoms with Crippen LogP contribution < -0.4 is 20.8 Å². The monoisotopic (exact) mass is 567 g/mol. The zero-order valence-electron chi connectivity index (χ0n) is 19.2. The van der Waals surface area contributed by atoms with E-state index in [9.17, 15) is 9.59 Å². The molecule has 0 bridgehead atoms. The lowest BCUT2D eigenvalue weighted by molar-refractivity contribution is 0.102. The summed E-state index contributed by atoms with van der Waals surface area (Å²) >= 11 is 2.21. The van der Waals surface area contributed by atoms with Gasteiger partial charge in [0.05, 0.1) is 22.4 Å². The average Bonchev–Trinajstić information content (AvgIpc) is 3.07. The summed E-state index contributed by atoms with van der Waals surface area (Å²) in [6.45, 7) is 3.38. The van der Waals surface area contributed by atoms with Crippen LogP contribution in [0.4, 0.5) is 17.1 Å². The van der Waals surface area contributed by atoms with Gasteiger partial charge in [-0.1, -0.05) is 24.3 Å². The summed E-state index contributed by atoms with van der Waals surface area (Å²) < 4.78 is 4.28. The number of amides is 1. The Labute approximate surface area is 211 Å². The molecular weight excluding hydrogens is 541 g/mol. The lowest BCUT2D eigenvalue weighted by Crippen LogP contribution is -2.46. The summed E-state index contributed by atoms with van der Waals surface area (Å²) in [6, 6.07) is 21.9. The van der Waals surface area contributed by atoms with Crippen molar-refractivity contribution in [1.29, 1.82) is 0 Å². The molecule has 0 radical (unpaired) electrons. The van der Waals surface area contributed by atoms with Crippen molar-refractivity contribution >= 4 is 56.6 Å². The highest BCUT2D eigenvalue weighted by molar-refractivity contribution is 14.1. The van der Waals surface area contributed by atoms with Crippen LogP contribution in [-0.4, -0.2) is 41.2 Å². The number of aryl methyl sites for hydroxylation is 2. The molecule has 0 aliphatic carbocycles. The minimum atomic E-state index is -0.164. The van der Waals surface area contributed by atoms with E-state index in [1.165, 1.54) is 5.69 Å². The maximum absolute atomic E-state index is 13.1. The van der Waals surface area contributed by atoms with Gasteiger partial charge in [0.2, 0.25) is 0 Å². The number of rotatable bonds is 4. The van der Waals surface area contributed by atoms with E-state index < -0.39 is 0 Å². The molecule has 1 aliphatic rings. The molecule has 1 amide bonds. The van der Waals surface area contributed by atoms with Crippen LogP contribution in [0.3, 0.4) is 0 Å². The summed E-state index contributed by atoms with van der Waals surface area (Å²) in [7, 11) is 3.54. The molecule has 1 aromatic heterocycles. The number of halogens is 1. The van der Waals surface area contributed by atoms with Gasteiger partial charge < -0.3 is 15.1 Å². The standard InChI is InChI=1S/C26H26IN5O2/c1-29-23-16-21(28-25(33)18-7-6-8-19(27)15-18)22(17-24(23)30(2)26(29)34)32-13-11-31(12-14-32)20-9-4-3-5-10-20/h3-10,15-17H,11-14H2,1-2H3,(H,28,33). The quantitative estimate of drug-likeness (QED) is 0.378. The Hall–Kier alpha value is -3.27. The summed E-state index contributed by atoms with van der Waals surface area (Å²) in [5.41, 5.74) is 5.02. The summed E-state index contributed by atoms with van der Waals surface area (Å²) in [5, 5.41) is 3.12. The molecule has 2 heterocycles. The van der Waals surface area contributed by atoms with E-state index in [1.54, 1.807) is 23.2 Å². The van der Waals surface area contributed by atoms with E-state index in [0.717, 1.165) is 46.5 Å². The van der Waals surface area contributed by atoms with E-state index in [0.29, 0.717) is 11.3 Å². The molecule has 1 N–H and O–H groups in total. The van der Waals surface area contributed by atoms with Gasteiger partial charge in [0.15, 0.2) is 0 Å². The Morgan fingerprint density at radius 3 is 2.15 bits per heavy atom. The fourth-order valence-corrected chi connectivity index (χ4v) is 5.11. The van der Waals surface area contributed by atoms with Gasteiger partial charge in [-0.3, -0.25) is 13.9 Å². The molecular formula is C26H26IN5O2. The number of carbonyl (C=O) groups is 1. The van der Waals surface area contributed by atoms with Crippen molar-refractivity contribution in [3.05, 3.63) is 86.3 Å². The number of nitrogens with one attached hydrogen (secondary N) is 1. The van der Waals surface area contributed by atoms with Crippen LogP contribution in [0, 0.1) is 3.57 Å². The summed E-state index contributed by atoms with van der Waals surface area (Å²) in [6.07, 6.45) is 0. The molecule has 1 fully saturated rings. The Balaban J connectivity index is 1.50. The highest BCUT2D eigenvalue weighted by Gasteiger charge is 2.23. The number of fused-ring (bicyclic) bond motifs is 1. The van der Waals surface area contributed by atoms with Crippen molar-refractivity contribution in [1.82, 2.24) is 9.13 Å². The topological polar surface area (TPSA) is 62.5 Å². The third-order valence-electron chi connectivity index (χ3n) is 6.47. The number of hydrogen-bond acceptors (Lipinski definition) is 4. The van der Waals surface area contributed by atoms with Crippen LogP contribution in [-0.2, 0) is 14.1 Å². The predicted octanol–water partition coefficient (Wildman–Crippen LogP) is 4.06. The van der Waals surface area contributed by atoms with Crippen molar-refractivity contribution < 1.29 is 4.79 Å². The van der Waals surface area contributed by atoms with Gasteiger partial charge in [0.25, 0.3) is 5.91 Å². The maximum Gasteiger partial charge on any atom is 0.328 e. The van der Waals surface area contributed by atoms with Crippen molar-refractivity contribution in [2.24, 2.45) is 14.1 Å². The normalized spacial score (nSPS) is 14.0. The second-order valence-corrected chi connectivity index (χ2v) is 9.78. The number of piperazine rings is 1. The van der Waals surface area contributed by atoms with E-state index in [2.05, 4.69) is 62.0 Å². The molecule has 1 saturated heterocycles. The molecule has 3 aromatic carbocycles. The minimum absolute atomic E-state index is 0.0871. The Morgan fingerprint density at radius 2 is 1.47 bits per heavy atom. The summed E-state index contributed by atoms with van der Waals surface area (Å²) in [4.78, 5) is 30.4. The number of hydrogen-bond donors (Lipinski definition) is 1. The lowest BCUT2D eigenvalue weighted by atomic mass is 10.1. The van der Waals surface area contributed by atoms with Crippen LogP contribution in [0.15, 0.2) is 71.5 Å². The second-order valence-electron chi connectivity index (χ2n) is 8.53. The van der Waals surface area contributed by atoms with Gasteiger partial charge in [-0.25, -0.2) is 4.79 Å². The van der Waals surface area contributed by atoms with Crippen LogP contribution in [0.2, 0.25) is 0 Å². The Bertz CT molecular complexity index is 1420. The van der Waals surface area contributed by atoms with Crippen molar-refractivity contribution in [2.75, 3.05) is 41.3 Å². The second kappa shape index (κ2) is 9.17. The first-order valence-corrected chi connectivity index (χ1v) is 12.3. The van der Waals surface area contributed by atoms with E-state index in [4.69, 9.17) is 0 Å². The van der Waals surface area contributed by atoms with Crippen molar-refractivity contribution in [3.8, 4) is 0 Å².